The molecule has 0 aromatic rings. The van der Waals surface area contributed by atoms with Crippen molar-refractivity contribution < 1.29 is 4.79 Å². The third kappa shape index (κ3) is 4.08. The maximum atomic E-state index is 11.0. The molecule has 1 nitrogen and oxygen atoms in total. The maximum absolute atomic E-state index is 11.0. The highest BCUT2D eigenvalue weighted by Gasteiger charge is 2.22. The largest absolute Gasteiger partial charge is 0.303 e. The van der Waals surface area contributed by atoms with E-state index in [1.807, 2.05) is 6.08 Å². The van der Waals surface area contributed by atoms with Gasteiger partial charge in [-0.25, -0.2) is 0 Å². The fraction of sp³-hybridized carbons (Fsp3) is 0.769. The molecule has 0 aliphatic heterocycles. The van der Waals surface area contributed by atoms with E-state index in [2.05, 4.69) is 34.3 Å². The van der Waals surface area contributed by atoms with Crippen LogP contribution in [0.15, 0.2) is 12.7 Å². The van der Waals surface area contributed by atoms with E-state index < -0.39 is 0 Å². The lowest BCUT2D eigenvalue weighted by atomic mass is 9.78. The van der Waals surface area contributed by atoms with Crippen molar-refractivity contribution in [2.24, 2.45) is 23.7 Å². The second-order valence-electron chi connectivity index (χ2n) is 4.60. The lowest BCUT2D eigenvalue weighted by molar-refractivity contribution is -0.113. The molecule has 0 radical (unpaired) electrons. The van der Waals surface area contributed by atoms with Gasteiger partial charge in [0.05, 0.1) is 0 Å². The van der Waals surface area contributed by atoms with Gasteiger partial charge in [-0.05, 0) is 30.6 Å². The van der Waals surface area contributed by atoms with Crippen LogP contribution in [0.3, 0.4) is 0 Å². The SMILES string of the molecule is C=CC(CC)C(C)C(C=O)CC(C)C. The number of rotatable bonds is 7. The molecule has 0 spiro atoms. The molecule has 0 aromatic heterocycles. The molecule has 0 heterocycles. The van der Waals surface area contributed by atoms with Gasteiger partial charge in [0, 0.05) is 5.92 Å². The lowest BCUT2D eigenvalue weighted by Crippen LogP contribution is -2.22. The van der Waals surface area contributed by atoms with Crippen LogP contribution < -0.4 is 0 Å². The van der Waals surface area contributed by atoms with Crippen LogP contribution in [0.5, 0.6) is 0 Å². The van der Waals surface area contributed by atoms with Crippen molar-refractivity contribution in [3.8, 4) is 0 Å². The lowest BCUT2D eigenvalue weighted by Gasteiger charge is -2.25. The first kappa shape index (κ1) is 13.4. The van der Waals surface area contributed by atoms with Crippen LogP contribution in [-0.2, 0) is 4.79 Å². The molecule has 0 saturated carbocycles. The summed E-state index contributed by atoms with van der Waals surface area (Å²) in [6.45, 7) is 12.5. The molecule has 0 fully saturated rings. The first-order chi connectivity index (χ1) is 6.56. The molecular weight excluding hydrogens is 172 g/mol. The normalized spacial score (nSPS) is 17.5. The molecule has 14 heavy (non-hydrogen) atoms. The molecule has 0 aliphatic rings. The van der Waals surface area contributed by atoms with Gasteiger partial charge in [0.25, 0.3) is 0 Å². The Hall–Kier alpha value is -0.590. The molecule has 0 N–H and O–H groups in total. The van der Waals surface area contributed by atoms with E-state index in [1.54, 1.807) is 0 Å². The average molecular weight is 196 g/mol. The summed E-state index contributed by atoms with van der Waals surface area (Å²) >= 11 is 0. The van der Waals surface area contributed by atoms with E-state index in [0.29, 0.717) is 17.8 Å². The molecule has 3 unspecified atom stereocenters. The van der Waals surface area contributed by atoms with Crippen LogP contribution in [0.1, 0.15) is 40.5 Å². The standard InChI is InChI=1S/C13H24O/c1-6-12(7-2)11(5)13(9-14)8-10(3)4/h6,9-13H,1,7-8H2,2-5H3. The Morgan fingerprint density at radius 3 is 2.07 bits per heavy atom. The highest BCUT2D eigenvalue weighted by atomic mass is 16.1. The first-order valence-electron chi connectivity index (χ1n) is 5.64. The van der Waals surface area contributed by atoms with E-state index in [9.17, 15) is 4.79 Å². The number of carbonyl (C=O) groups is 1. The second-order valence-corrected chi connectivity index (χ2v) is 4.60. The summed E-state index contributed by atoms with van der Waals surface area (Å²) in [5, 5.41) is 0. The summed E-state index contributed by atoms with van der Waals surface area (Å²) < 4.78 is 0. The molecule has 0 saturated heterocycles. The van der Waals surface area contributed by atoms with Crippen LogP contribution in [0.2, 0.25) is 0 Å². The van der Waals surface area contributed by atoms with Crippen LogP contribution in [0.25, 0.3) is 0 Å². The predicted molar refractivity (Wildman–Crippen MR) is 62.2 cm³/mol. The Labute approximate surface area is 88.6 Å². The van der Waals surface area contributed by atoms with Crippen molar-refractivity contribution >= 4 is 6.29 Å². The summed E-state index contributed by atoms with van der Waals surface area (Å²) in [7, 11) is 0. The summed E-state index contributed by atoms with van der Waals surface area (Å²) in [5.41, 5.74) is 0. The summed E-state index contributed by atoms with van der Waals surface area (Å²) in [6, 6.07) is 0. The number of allylic oxidation sites excluding steroid dienone is 1. The van der Waals surface area contributed by atoms with E-state index in [0.717, 1.165) is 19.1 Å². The Balaban J connectivity index is 4.34. The summed E-state index contributed by atoms with van der Waals surface area (Å²) in [5.74, 6) is 1.69. The third-order valence-electron chi connectivity index (χ3n) is 3.04. The maximum Gasteiger partial charge on any atom is 0.123 e. The molecule has 0 rings (SSSR count). The van der Waals surface area contributed by atoms with Crippen molar-refractivity contribution in [2.45, 2.75) is 40.5 Å². The monoisotopic (exact) mass is 196 g/mol. The second kappa shape index (κ2) is 6.80. The average Bonchev–Trinajstić information content (AvgIpc) is 2.15. The van der Waals surface area contributed by atoms with E-state index in [1.165, 1.54) is 0 Å². The van der Waals surface area contributed by atoms with E-state index in [4.69, 9.17) is 0 Å². The number of hydrogen-bond donors (Lipinski definition) is 0. The summed E-state index contributed by atoms with van der Waals surface area (Å²) in [6.07, 6.45) is 5.18. The minimum Gasteiger partial charge on any atom is -0.303 e. The van der Waals surface area contributed by atoms with E-state index >= 15 is 0 Å². The molecule has 3 atom stereocenters. The number of carbonyl (C=O) groups excluding carboxylic acids is 1. The van der Waals surface area contributed by atoms with Gasteiger partial charge in [-0.2, -0.15) is 0 Å². The van der Waals surface area contributed by atoms with Gasteiger partial charge in [-0.3, -0.25) is 0 Å². The molecule has 0 aromatic carbocycles. The van der Waals surface area contributed by atoms with Gasteiger partial charge in [0.15, 0.2) is 0 Å². The topological polar surface area (TPSA) is 17.1 Å². The van der Waals surface area contributed by atoms with Gasteiger partial charge < -0.3 is 4.79 Å². The fourth-order valence-corrected chi connectivity index (χ4v) is 2.01. The Kier molecular flexibility index (Phi) is 6.52. The zero-order chi connectivity index (χ0) is 11.1. The summed E-state index contributed by atoms with van der Waals surface area (Å²) in [4.78, 5) is 11.0. The first-order valence-corrected chi connectivity index (χ1v) is 5.64. The minimum absolute atomic E-state index is 0.193. The van der Waals surface area contributed by atoms with Crippen molar-refractivity contribution in [3.63, 3.8) is 0 Å². The zero-order valence-corrected chi connectivity index (χ0v) is 9.99. The smallest absolute Gasteiger partial charge is 0.123 e. The molecule has 1 heteroatoms. The molecule has 82 valence electrons. The van der Waals surface area contributed by atoms with Crippen LogP contribution >= 0.6 is 0 Å². The predicted octanol–water partition coefficient (Wildman–Crippen LogP) is 3.70. The highest BCUT2D eigenvalue weighted by molar-refractivity contribution is 5.54. The molecule has 0 aliphatic carbocycles. The van der Waals surface area contributed by atoms with Crippen molar-refractivity contribution in [3.05, 3.63) is 12.7 Å². The van der Waals surface area contributed by atoms with Gasteiger partial charge >= 0.3 is 0 Å². The minimum atomic E-state index is 0.193. The molecule has 0 amide bonds. The van der Waals surface area contributed by atoms with Gasteiger partial charge in [0.2, 0.25) is 0 Å². The van der Waals surface area contributed by atoms with Gasteiger partial charge in [-0.1, -0.05) is 33.8 Å². The van der Waals surface area contributed by atoms with Crippen LogP contribution in [0, 0.1) is 23.7 Å². The quantitative estimate of drug-likeness (QED) is 0.448. The molecular formula is C13H24O. The van der Waals surface area contributed by atoms with Crippen LogP contribution in [-0.4, -0.2) is 6.29 Å². The Morgan fingerprint density at radius 2 is 1.79 bits per heavy atom. The van der Waals surface area contributed by atoms with Gasteiger partial charge in [0.1, 0.15) is 6.29 Å². The van der Waals surface area contributed by atoms with Crippen molar-refractivity contribution in [1.82, 2.24) is 0 Å². The third-order valence-corrected chi connectivity index (χ3v) is 3.04. The fourth-order valence-electron chi connectivity index (χ4n) is 2.01. The van der Waals surface area contributed by atoms with Crippen molar-refractivity contribution in [1.29, 1.82) is 0 Å². The number of aldehydes is 1. The van der Waals surface area contributed by atoms with E-state index in [-0.39, 0.29) is 5.92 Å². The Morgan fingerprint density at radius 1 is 1.21 bits per heavy atom. The van der Waals surface area contributed by atoms with Gasteiger partial charge in [-0.15, -0.1) is 6.58 Å². The molecule has 0 bridgehead atoms. The number of hydrogen-bond acceptors (Lipinski definition) is 1. The van der Waals surface area contributed by atoms with Crippen molar-refractivity contribution in [2.75, 3.05) is 0 Å². The zero-order valence-electron chi connectivity index (χ0n) is 9.99. The highest BCUT2D eigenvalue weighted by Crippen LogP contribution is 2.27. The Bertz CT molecular complexity index is 172. The van der Waals surface area contributed by atoms with Crippen LogP contribution in [0.4, 0.5) is 0 Å².